The average Bonchev–Trinajstić information content (AvgIpc) is 3.85. The second-order valence-corrected chi connectivity index (χ2v) is 17.7. The minimum Gasteiger partial charge on any atom is -0.507 e. The highest BCUT2D eigenvalue weighted by molar-refractivity contribution is 6.20. The van der Waals surface area contributed by atoms with Crippen molar-refractivity contribution in [3.8, 4) is 23.0 Å². The molecule has 14 nitrogen and oxygen atoms in total. The number of hydrogen-bond acceptors (Lipinski definition) is 13. The Morgan fingerprint density at radius 2 is 1.63 bits per heavy atom. The molecule has 2 aromatic carbocycles. The van der Waals surface area contributed by atoms with Gasteiger partial charge in [0.15, 0.2) is 5.75 Å². The molecule has 1 amide bonds. The van der Waals surface area contributed by atoms with Crippen molar-refractivity contribution < 1.29 is 58.9 Å². The van der Waals surface area contributed by atoms with Gasteiger partial charge in [-0.2, -0.15) is 0 Å². The lowest BCUT2D eigenvalue weighted by molar-refractivity contribution is -0.160. The number of aromatic hydroxyl groups is 3. The van der Waals surface area contributed by atoms with Crippen molar-refractivity contribution in [2.75, 3.05) is 20.2 Å². The Morgan fingerprint density at radius 1 is 0.968 bits per heavy atom. The lowest BCUT2D eigenvalue weighted by Gasteiger charge is -2.38. The van der Waals surface area contributed by atoms with Crippen LogP contribution in [0.5, 0.6) is 23.0 Å². The Labute approximate surface area is 363 Å². The fraction of sp³-hybridized carbons (Fsp3) is 0.542. The van der Waals surface area contributed by atoms with Gasteiger partial charge in [-0.15, -0.1) is 0 Å². The number of Topliss-reactive ketones (excluding diaryl/α,β-unsaturated/α-hetero) is 1. The van der Waals surface area contributed by atoms with E-state index in [4.69, 9.17) is 18.9 Å². The molecular weight excluding hydrogens is 797 g/mol. The van der Waals surface area contributed by atoms with E-state index in [2.05, 4.69) is 23.7 Å². The number of aliphatic hydroxyl groups is 2. The first-order valence-electron chi connectivity index (χ1n) is 21.5. The smallest absolute Gasteiger partial charge is 0.312 e. The number of carbonyl (C=O) groups excluding carboxylic acids is 3. The Bertz CT molecular complexity index is 2310. The quantitative estimate of drug-likeness (QED) is 0.173. The summed E-state index contributed by atoms with van der Waals surface area (Å²) in [5.41, 5.74) is 1.02. The maximum Gasteiger partial charge on any atom is 0.312 e. The molecule has 5 bridgehead atoms. The van der Waals surface area contributed by atoms with E-state index in [1.54, 1.807) is 45.9 Å². The SMILES string of the molecule is CO[C@H]1C=CO[C@@]2(C)Oc3c(C)c(O)c4c(O)c(/c(=C\C=C(\CC(C)C)N5CCCC5)c(O)c4c3C2=O)=NC(=O)/C(C)=C\C=C/[C@H](C)[C@H](O)[C@@H](C)[C@@H](O)[C@@H](C)[C@H](OC(C)=O)[C@@H]1C. The van der Waals surface area contributed by atoms with Gasteiger partial charge in [-0.05, 0) is 57.3 Å². The van der Waals surface area contributed by atoms with Gasteiger partial charge in [-0.25, -0.2) is 4.99 Å². The maximum absolute atomic E-state index is 14.6. The van der Waals surface area contributed by atoms with Crippen molar-refractivity contribution in [1.29, 1.82) is 0 Å². The van der Waals surface area contributed by atoms with Crippen molar-refractivity contribution in [3.05, 3.63) is 69.6 Å². The van der Waals surface area contributed by atoms with Gasteiger partial charge >= 0.3 is 11.8 Å². The molecule has 0 unspecified atom stereocenters. The third-order valence-electron chi connectivity index (χ3n) is 12.5. The average molecular weight is 861 g/mol. The summed E-state index contributed by atoms with van der Waals surface area (Å²) < 4.78 is 23.7. The summed E-state index contributed by atoms with van der Waals surface area (Å²) in [6, 6.07) is 0. The molecule has 0 radical (unpaired) electrons. The number of esters is 1. The molecule has 1 saturated heterocycles. The lowest BCUT2D eigenvalue weighted by Crippen LogP contribution is -2.46. The number of benzene rings is 2. The molecule has 0 aromatic heterocycles. The van der Waals surface area contributed by atoms with E-state index >= 15 is 0 Å². The molecule has 4 aliphatic rings. The number of allylic oxidation sites excluding steroid dienone is 4. The zero-order chi connectivity index (χ0) is 46.0. The summed E-state index contributed by atoms with van der Waals surface area (Å²) >= 11 is 0. The molecule has 4 aliphatic heterocycles. The third kappa shape index (κ3) is 9.57. The predicted molar refractivity (Wildman–Crippen MR) is 234 cm³/mol. The van der Waals surface area contributed by atoms with Gasteiger partial charge in [0.05, 0.1) is 35.5 Å². The zero-order valence-corrected chi connectivity index (χ0v) is 37.8. The Morgan fingerprint density at radius 3 is 2.24 bits per heavy atom. The van der Waals surface area contributed by atoms with Crippen LogP contribution in [0.25, 0.3) is 16.8 Å². The molecule has 62 heavy (non-hydrogen) atoms. The van der Waals surface area contributed by atoms with Crippen molar-refractivity contribution in [1.82, 2.24) is 4.90 Å². The van der Waals surface area contributed by atoms with Crippen LogP contribution in [0.3, 0.4) is 0 Å². The molecule has 6 rings (SSSR count). The van der Waals surface area contributed by atoms with Gasteiger partial charge in [0, 0.05) is 85.2 Å². The van der Waals surface area contributed by atoms with Crippen LogP contribution in [0, 0.1) is 36.5 Å². The number of rotatable bonds is 6. The number of carbonyl (C=O) groups is 3. The minimum atomic E-state index is -2.04. The summed E-state index contributed by atoms with van der Waals surface area (Å²) in [6.07, 6.45) is 9.74. The van der Waals surface area contributed by atoms with Crippen LogP contribution >= 0.6 is 0 Å². The van der Waals surface area contributed by atoms with E-state index in [0.717, 1.165) is 31.6 Å². The molecule has 0 saturated carbocycles. The second-order valence-electron chi connectivity index (χ2n) is 17.7. The number of likely N-dealkylation sites (tertiary alicyclic amines) is 1. The molecule has 2 aromatic rings. The first-order chi connectivity index (χ1) is 29.1. The second kappa shape index (κ2) is 19.5. The van der Waals surface area contributed by atoms with E-state index < -0.39 is 88.8 Å². The number of aliphatic hydroxyl groups excluding tert-OH is 2. The first kappa shape index (κ1) is 47.9. The summed E-state index contributed by atoms with van der Waals surface area (Å²) in [7, 11) is 1.44. The molecular formula is C48H64N2O12. The summed E-state index contributed by atoms with van der Waals surface area (Å²) in [5.74, 6) is -8.08. The van der Waals surface area contributed by atoms with Crippen LogP contribution in [-0.4, -0.2) is 98.5 Å². The van der Waals surface area contributed by atoms with Gasteiger partial charge in [0.2, 0.25) is 0 Å². The van der Waals surface area contributed by atoms with E-state index in [9.17, 15) is 39.9 Å². The highest BCUT2D eigenvalue weighted by Crippen LogP contribution is 2.50. The fourth-order valence-corrected chi connectivity index (χ4v) is 8.76. The van der Waals surface area contributed by atoms with Crippen LogP contribution in [0.4, 0.5) is 0 Å². The van der Waals surface area contributed by atoms with E-state index in [0.29, 0.717) is 6.42 Å². The molecule has 0 spiro atoms. The highest BCUT2D eigenvalue weighted by atomic mass is 16.7. The number of nitrogens with zero attached hydrogens (tertiary/aromatic N) is 2. The van der Waals surface area contributed by atoms with Crippen molar-refractivity contribution in [2.45, 2.75) is 119 Å². The molecule has 14 heteroatoms. The lowest BCUT2D eigenvalue weighted by atomic mass is 9.78. The first-order valence-corrected chi connectivity index (χ1v) is 21.5. The van der Waals surface area contributed by atoms with E-state index in [1.165, 1.54) is 53.2 Å². The molecule has 1 fully saturated rings. The number of ether oxygens (including phenoxy) is 4. The van der Waals surface area contributed by atoms with Crippen LogP contribution in [0.2, 0.25) is 0 Å². The number of hydrogen-bond donors (Lipinski definition) is 5. The summed E-state index contributed by atoms with van der Waals surface area (Å²) in [5, 5.41) is 58.1. The van der Waals surface area contributed by atoms with Gasteiger partial charge in [-0.1, -0.05) is 59.8 Å². The van der Waals surface area contributed by atoms with Crippen molar-refractivity contribution >= 4 is 34.5 Å². The van der Waals surface area contributed by atoms with E-state index in [1.807, 2.05) is 6.08 Å². The predicted octanol–water partition coefficient (Wildman–Crippen LogP) is 5.77. The third-order valence-corrected chi connectivity index (χ3v) is 12.5. The fourth-order valence-electron chi connectivity index (χ4n) is 8.76. The Balaban J connectivity index is 1.80. The van der Waals surface area contributed by atoms with E-state index in [-0.39, 0.29) is 49.7 Å². The highest BCUT2D eigenvalue weighted by Gasteiger charge is 2.49. The number of phenolic OH excluding ortho intramolecular Hbond substituents is 3. The Kier molecular flexibility index (Phi) is 15.0. The molecule has 338 valence electrons. The normalized spacial score (nSPS) is 30.7. The zero-order valence-electron chi connectivity index (χ0n) is 37.8. The van der Waals surface area contributed by atoms with Gasteiger partial charge in [0.1, 0.15) is 28.7 Å². The maximum atomic E-state index is 14.6. The number of methoxy groups -OCH3 is 1. The number of fused-ring (bicyclic) bond motifs is 14. The Hall–Kier alpha value is -5.18. The molecule has 0 aliphatic carbocycles. The van der Waals surface area contributed by atoms with Gasteiger partial charge < -0.3 is 49.4 Å². The minimum absolute atomic E-state index is 0.0615. The standard InChI is InChI=1S/C48H64N2O12/c1-24(2)23-32(50-20-12-13-21-50)17-18-33-38-43(56)36-35(42(33)55)37-45(30(8)41(36)54)62-48(10,46(37)57)60-22-19-34(59-11)27(5)44(61-31(9)51)29(7)40(53)28(6)39(52)25(3)15-14-16-26(4)47(58)49-38/h14-19,22,24-25,27-29,34,39-40,44,52-56H,12-13,20-21,23H2,1-11H3/b15-14-,22-19?,26-16-,32-17-,33-18+,49-38?/t25-,27+,28+,29+,34-,39-,40+,44+,48-/m0/s1. The van der Waals surface area contributed by atoms with Crippen molar-refractivity contribution in [2.24, 2.45) is 34.6 Å². The van der Waals surface area contributed by atoms with Crippen LogP contribution < -0.4 is 15.3 Å². The number of ketones is 1. The molecule has 5 N–H and O–H groups in total. The van der Waals surface area contributed by atoms with Crippen LogP contribution in [0.15, 0.2) is 52.9 Å². The van der Waals surface area contributed by atoms with Gasteiger partial charge in [0.25, 0.3) is 11.7 Å². The monoisotopic (exact) mass is 860 g/mol. The molecule has 4 heterocycles. The number of phenols is 3. The topological polar surface area (TPSA) is 205 Å². The number of amides is 1. The van der Waals surface area contributed by atoms with Crippen LogP contribution in [-0.2, 0) is 23.8 Å². The molecule has 9 atom stereocenters. The largest absolute Gasteiger partial charge is 0.507 e. The summed E-state index contributed by atoms with van der Waals surface area (Å²) in [4.78, 5) is 47.4. The van der Waals surface area contributed by atoms with Crippen molar-refractivity contribution in [3.63, 3.8) is 0 Å². The summed E-state index contributed by atoms with van der Waals surface area (Å²) in [6.45, 7) is 18.5. The van der Waals surface area contributed by atoms with Crippen LogP contribution in [0.1, 0.15) is 97.5 Å². The van der Waals surface area contributed by atoms with Gasteiger partial charge in [-0.3, -0.25) is 14.4 Å².